The van der Waals surface area contributed by atoms with Crippen molar-refractivity contribution in [1.82, 2.24) is 5.32 Å². The van der Waals surface area contributed by atoms with E-state index in [9.17, 15) is 4.79 Å². The van der Waals surface area contributed by atoms with Gasteiger partial charge in [0.2, 0.25) is 0 Å². The number of rotatable bonds is 2. The lowest BCUT2D eigenvalue weighted by Gasteiger charge is -2.11. The Kier molecular flexibility index (Phi) is 3.49. The number of hydrogen-bond acceptors (Lipinski definition) is 4. The largest absolute Gasteiger partial charge is 0.378 e. The van der Waals surface area contributed by atoms with E-state index in [0.717, 1.165) is 27.9 Å². The Labute approximate surface area is 110 Å². The predicted molar refractivity (Wildman–Crippen MR) is 77.5 cm³/mol. The van der Waals surface area contributed by atoms with Gasteiger partial charge in [-0.25, -0.2) is 0 Å². The Morgan fingerprint density at radius 2 is 1.94 bits per heavy atom. The van der Waals surface area contributed by atoms with Gasteiger partial charge in [0.15, 0.2) is 0 Å². The Morgan fingerprint density at radius 3 is 2.41 bits per heavy atom. The maximum Gasteiger partial charge on any atom is 0.289 e. The molecule has 1 heterocycles. The summed E-state index contributed by atoms with van der Waals surface area (Å²) in [6.07, 6.45) is 1.92. The first-order valence-electron chi connectivity index (χ1n) is 5.08. The lowest BCUT2D eigenvalue weighted by Crippen LogP contribution is -2.15. The van der Waals surface area contributed by atoms with Crippen LogP contribution >= 0.6 is 24.0 Å². The summed E-state index contributed by atoms with van der Waals surface area (Å²) < 4.78 is 0. The molecule has 0 aliphatic carbocycles. The normalized spacial score (nSPS) is 17.4. The standard InChI is InChI=1S/C12H12N2OS2/c1-14(2)9-5-3-8(4-6-9)7-10-11(16)13-12(15)17-10/h3-7H,1-2H3,(H,13,15,16). The second-order valence-electron chi connectivity index (χ2n) is 3.84. The molecule has 3 nitrogen and oxygen atoms in total. The van der Waals surface area contributed by atoms with Gasteiger partial charge in [0.25, 0.3) is 5.24 Å². The molecule has 17 heavy (non-hydrogen) atoms. The van der Waals surface area contributed by atoms with Crippen LogP contribution in [0.25, 0.3) is 6.08 Å². The molecule has 1 aromatic rings. The summed E-state index contributed by atoms with van der Waals surface area (Å²) in [7, 11) is 4.00. The first-order chi connectivity index (χ1) is 8.06. The van der Waals surface area contributed by atoms with Gasteiger partial charge in [-0.2, -0.15) is 0 Å². The summed E-state index contributed by atoms with van der Waals surface area (Å²) in [4.78, 5) is 14.5. The van der Waals surface area contributed by atoms with E-state index in [4.69, 9.17) is 12.2 Å². The van der Waals surface area contributed by atoms with Crippen LogP contribution in [0, 0.1) is 0 Å². The number of amides is 1. The van der Waals surface area contributed by atoms with Crippen molar-refractivity contribution in [3.8, 4) is 0 Å². The highest BCUT2D eigenvalue weighted by Gasteiger charge is 2.21. The number of nitrogens with one attached hydrogen (secondary N) is 1. The van der Waals surface area contributed by atoms with E-state index >= 15 is 0 Å². The number of thiocarbonyl (C=S) groups is 1. The van der Waals surface area contributed by atoms with Crippen molar-refractivity contribution in [2.45, 2.75) is 0 Å². The molecule has 0 atom stereocenters. The molecule has 1 fully saturated rings. The van der Waals surface area contributed by atoms with Crippen LogP contribution in [0.15, 0.2) is 29.2 Å². The van der Waals surface area contributed by atoms with Gasteiger partial charge in [0.05, 0.1) is 4.91 Å². The van der Waals surface area contributed by atoms with E-state index < -0.39 is 0 Å². The number of thioether (sulfide) groups is 1. The van der Waals surface area contributed by atoms with E-state index in [-0.39, 0.29) is 5.24 Å². The molecule has 0 saturated carbocycles. The fourth-order valence-corrected chi connectivity index (χ4v) is 2.47. The van der Waals surface area contributed by atoms with Crippen LogP contribution in [-0.4, -0.2) is 24.3 Å². The van der Waals surface area contributed by atoms with E-state index in [1.54, 1.807) is 0 Å². The maximum atomic E-state index is 11.1. The fraction of sp³-hybridized carbons (Fsp3) is 0.167. The quantitative estimate of drug-likeness (QED) is 0.657. The van der Waals surface area contributed by atoms with Gasteiger partial charge in [0, 0.05) is 19.8 Å². The Hall–Kier alpha value is -1.33. The number of carbonyl (C=O) groups excluding carboxylic acids is 1. The van der Waals surface area contributed by atoms with E-state index in [1.807, 2.05) is 49.3 Å². The zero-order valence-corrected chi connectivity index (χ0v) is 11.2. The van der Waals surface area contributed by atoms with Gasteiger partial charge >= 0.3 is 0 Å². The summed E-state index contributed by atoms with van der Waals surface area (Å²) >= 11 is 6.19. The highest BCUT2D eigenvalue weighted by atomic mass is 32.2. The smallest absolute Gasteiger partial charge is 0.289 e. The Morgan fingerprint density at radius 1 is 1.29 bits per heavy atom. The van der Waals surface area contributed by atoms with Gasteiger partial charge in [-0.3, -0.25) is 4.79 Å². The zero-order chi connectivity index (χ0) is 12.4. The molecule has 1 saturated heterocycles. The van der Waals surface area contributed by atoms with Crippen LogP contribution in [0.5, 0.6) is 0 Å². The van der Waals surface area contributed by atoms with Crippen LogP contribution in [0.2, 0.25) is 0 Å². The number of carbonyl (C=O) groups is 1. The van der Waals surface area contributed by atoms with Crippen LogP contribution in [0.4, 0.5) is 10.5 Å². The van der Waals surface area contributed by atoms with Crippen molar-refractivity contribution in [1.29, 1.82) is 0 Å². The molecule has 1 aliphatic heterocycles. The van der Waals surface area contributed by atoms with Crippen LogP contribution in [-0.2, 0) is 0 Å². The Bertz CT molecular complexity index is 492. The monoisotopic (exact) mass is 264 g/mol. The third kappa shape index (κ3) is 2.87. The third-order valence-corrected chi connectivity index (χ3v) is 3.63. The third-order valence-electron chi connectivity index (χ3n) is 2.35. The zero-order valence-electron chi connectivity index (χ0n) is 9.56. The number of nitrogens with zero attached hydrogens (tertiary/aromatic N) is 1. The molecular weight excluding hydrogens is 252 g/mol. The Balaban J connectivity index is 2.21. The van der Waals surface area contributed by atoms with E-state index in [1.165, 1.54) is 0 Å². The molecule has 88 valence electrons. The average Bonchev–Trinajstić information content (AvgIpc) is 2.58. The van der Waals surface area contributed by atoms with Gasteiger partial charge in [-0.05, 0) is 35.5 Å². The molecule has 1 aliphatic rings. The molecule has 1 aromatic carbocycles. The van der Waals surface area contributed by atoms with Gasteiger partial charge < -0.3 is 10.2 Å². The van der Waals surface area contributed by atoms with Crippen molar-refractivity contribution >= 4 is 46.0 Å². The molecule has 0 bridgehead atoms. The molecule has 0 radical (unpaired) electrons. The second kappa shape index (κ2) is 4.89. The van der Waals surface area contributed by atoms with Crippen molar-refractivity contribution in [3.05, 3.63) is 34.7 Å². The predicted octanol–water partition coefficient (Wildman–Crippen LogP) is 2.88. The van der Waals surface area contributed by atoms with Crippen molar-refractivity contribution < 1.29 is 4.79 Å². The highest BCUT2D eigenvalue weighted by molar-refractivity contribution is 8.19. The molecule has 2 rings (SSSR count). The average molecular weight is 264 g/mol. The first kappa shape index (κ1) is 12.1. The number of benzene rings is 1. The summed E-state index contributed by atoms with van der Waals surface area (Å²) in [5.74, 6) is 0. The summed E-state index contributed by atoms with van der Waals surface area (Å²) in [5, 5.41) is 2.49. The maximum absolute atomic E-state index is 11.1. The molecule has 0 spiro atoms. The van der Waals surface area contributed by atoms with Gasteiger partial charge in [-0.1, -0.05) is 24.4 Å². The lowest BCUT2D eigenvalue weighted by molar-refractivity contribution is 0.265. The lowest BCUT2D eigenvalue weighted by atomic mass is 10.2. The summed E-state index contributed by atoms with van der Waals surface area (Å²) in [6, 6.07) is 8.08. The molecule has 0 unspecified atom stereocenters. The van der Waals surface area contributed by atoms with Crippen molar-refractivity contribution in [2.75, 3.05) is 19.0 Å². The minimum atomic E-state index is -0.105. The van der Waals surface area contributed by atoms with E-state index in [0.29, 0.717) is 4.99 Å². The molecule has 1 amide bonds. The van der Waals surface area contributed by atoms with Crippen LogP contribution in [0.3, 0.4) is 0 Å². The van der Waals surface area contributed by atoms with Gasteiger partial charge in [-0.15, -0.1) is 0 Å². The highest BCUT2D eigenvalue weighted by Crippen LogP contribution is 2.26. The van der Waals surface area contributed by atoms with Crippen LogP contribution in [0.1, 0.15) is 5.56 Å². The first-order valence-corrected chi connectivity index (χ1v) is 6.31. The number of anilines is 1. The topological polar surface area (TPSA) is 32.3 Å². The van der Waals surface area contributed by atoms with E-state index in [2.05, 4.69) is 5.32 Å². The van der Waals surface area contributed by atoms with Crippen LogP contribution < -0.4 is 10.2 Å². The molecule has 1 N–H and O–H groups in total. The molecule has 0 aromatic heterocycles. The fourth-order valence-electron chi connectivity index (χ4n) is 1.44. The van der Waals surface area contributed by atoms with Gasteiger partial charge in [0.1, 0.15) is 4.99 Å². The minimum absolute atomic E-state index is 0.105. The minimum Gasteiger partial charge on any atom is -0.378 e. The summed E-state index contributed by atoms with van der Waals surface area (Å²) in [5.41, 5.74) is 2.18. The van der Waals surface area contributed by atoms with Crippen molar-refractivity contribution in [3.63, 3.8) is 0 Å². The molecule has 5 heteroatoms. The molecular formula is C12H12N2OS2. The second-order valence-corrected chi connectivity index (χ2v) is 5.26. The SMILES string of the molecule is CN(C)c1ccc(C=C2SC(=O)NC2=S)cc1. The summed E-state index contributed by atoms with van der Waals surface area (Å²) in [6.45, 7) is 0. The number of hydrogen-bond donors (Lipinski definition) is 1. The van der Waals surface area contributed by atoms with Crippen molar-refractivity contribution in [2.24, 2.45) is 0 Å².